The molecule has 0 bridgehead atoms. The molecule has 2 amide bonds. The molecule has 0 spiro atoms. The average molecular weight is 404 g/mol. The molecular formula is C20H15ClFNO3S. The molecule has 1 heterocycles. The summed E-state index contributed by atoms with van der Waals surface area (Å²) in [5, 5.41) is 0.0257. The van der Waals surface area contributed by atoms with Crippen molar-refractivity contribution in [3.8, 4) is 5.75 Å². The van der Waals surface area contributed by atoms with Crippen LogP contribution in [0.4, 0.5) is 9.18 Å². The Hall–Kier alpha value is -2.57. The van der Waals surface area contributed by atoms with Crippen molar-refractivity contribution in [2.24, 2.45) is 0 Å². The maximum absolute atomic E-state index is 13.2. The lowest BCUT2D eigenvalue weighted by Crippen LogP contribution is -2.27. The molecule has 0 atom stereocenters. The van der Waals surface area contributed by atoms with Crippen molar-refractivity contribution in [2.75, 3.05) is 6.54 Å². The molecule has 1 saturated heterocycles. The van der Waals surface area contributed by atoms with Gasteiger partial charge >= 0.3 is 0 Å². The SMILES string of the molecule is C=CCN1C(=O)SC(=Cc2ccc(OCc3cccc(F)c3)c(Cl)c2)C1=O. The highest BCUT2D eigenvalue weighted by Gasteiger charge is 2.34. The second kappa shape index (κ2) is 8.41. The molecule has 7 heteroatoms. The van der Waals surface area contributed by atoms with Crippen LogP contribution in [0.2, 0.25) is 5.02 Å². The van der Waals surface area contributed by atoms with Gasteiger partial charge in [0.15, 0.2) is 0 Å². The van der Waals surface area contributed by atoms with Gasteiger partial charge in [0, 0.05) is 6.54 Å². The van der Waals surface area contributed by atoms with Crippen LogP contribution in [0.5, 0.6) is 5.75 Å². The van der Waals surface area contributed by atoms with Gasteiger partial charge in [0.1, 0.15) is 18.2 Å². The second-order valence-electron chi connectivity index (χ2n) is 5.69. The zero-order chi connectivity index (χ0) is 19.4. The molecule has 0 aromatic heterocycles. The van der Waals surface area contributed by atoms with Crippen molar-refractivity contribution < 1.29 is 18.7 Å². The van der Waals surface area contributed by atoms with Gasteiger partial charge in [-0.25, -0.2) is 4.39 Å². The minimum atomic E-state index is -0.354. The fourth-order valence-electron chi connectivity index (χ4n) is 2.45. The van der Waals surface area contributed by atoms with Crippen LogP contribution < -0.4 is 4.74 Å². The van der Waals surface area contributed by atoms with Crippen molar-refractivity contribution in [3.05, 3.63) is 82.0 Å². The molecule has 0 N–H and O–H groups in total. The Labute approximate surface area is 165 Å². The molecule has 0 radical (unpaired) electrons. The monoisotopic (exact) mass is 403 g/mol. The molecule has 2 aromatic carbocycles. The second-order valence-corrected chi connectivity index (χ2v) is 7.09. The van der Waals surface area contributed by atoms with E-state index in [9.17, 15) is 14.0 Å². The van der Waals surface area contributed by atoms with E-state index in [4.69, 9.17) is 16.3 Å². The summed E-state index contributed by atoms with van der Waals surface area (Å²) in [6, 6.07) is 11.2. The third kappa shape index (κ3) is 4.59. The molecule has 1 aliphatic rings. The van der Waals surface area contributed by atoms with E-state index in [0.717, 1.165) is 16.7 Å². The summed E-state index contributed by atoms with van der Waals surface area (Å²) in [6.45, 7) is 3.89. The lowest BCUT2D eigenvalue weighted by atomic mass is 10.2. The number of ether oxygens (including phenoxy) is 1. The predicted molar refractivity (Wildman–Crippen MR) is 105 cm³/mol. The summed E-state index contributed by atoms with van der Waals surface area (Å²) in [6.07, 6.45) is 3.11. The lowest BCUT2D eigenvalue weighted by molar-refractivity contribution is -0.122. The fourth-order valence-corrected chi connectivity index (χ4v) is 3.54. The molecule has 2 aromatic rings. The Kier molecular flexibility index (Phi) is 5.98. The summed E-state index contributed by atoms with van der Waals surface area (Å²) in [4.78, 5) is 25.5. The van der Waals surface area contributed by atoms with Crippen LogP contribution in [-0.4, -0.2) is 22.6 Å². The van der Waals surface area contributed by atoms with E-state index >= 15 is 0 Å². The van der Waals surface area contributed by atoms with E-state index in [2.05, 4.69) is 6.58 Å². The van der Waals surface area contributed by atoms with Crippen molar-refractivity contribution in [2.45, 2.75) is 6.61 Å². The number of amides is 2. The number of hydrogen-bond acceptors (Lipinski definition) is 4. The summed E-state index contributed by atoms with van der Waals surface area (Å²) in [5.41, 5.74) is 1.35. The molecule has 1 aliphatic heterocycles. The molecule has 0 aliphatic carbocycles. The van der Waals surface area contributed by atoms with E-state index in [1.165, 1.54) is 18.2 Å². The highest BCUT2D eigenvalue weighted by atomic mass is 35.5. The number of imide groups is 1. The van der Waals surface area contributed by atoms with Crippen LogP contribution in [0.3, 0.4) is 0 Å². The zero-order valence-electron chi connectivity index (χ0n) is 14.2. The number of hydrogen-bond donors (Lipinski definition) is 0. The zero-order valence-corrected chi connectivity index (χ0v) is 15.7. The molecule has 138 valence electrons. The van der Waals surface area contributed by atoms with Gasteiger partial charge in [0.25, 0.3) is 11.1 Å². The maximum Gasteiger partial charge on any atom is 0.293 e. The van der Waals surface area contributed by atoms with Crippen molar-refractivity contribution >= 4 is 40.6 Å². The average Bonchev–Trinajstić information content (AvgIpc) is 2.89. The Morgan fingerprint density at radius 1 is 1.22 bits per heavy atom. The normalized spacial score (nSPS) is 15.5. The Bertz CT molecular complexity index is 945. The minimum absolute atomic E-state index is 0.176. The van der Waals surface area contributed by atoms with Gasteiger partial charge in [0.2, 0.25) is 0 Å². The Morgan fingerprint density at radius 2 is 2.04 bits per heavy atom. The topological polar surface area (TPSA) is 46.6 Å². The predicted octanol–water partition coefficient (Wildman–Crippen LogP) is 5.28. The van der Waals surface area contributed by atoms with Crippen molar-refractivity contribution in [3.63, 3.8) is 0 Å². The molecule has 27 heavy (non-hydrogen) atoms. The fraction of sp³-hybridized carbons (Fsp3) is 0.100. The van der Waals surface area contributed by atoms with Gasteiger partial charge in [0.05, 0.1) is 9.93 Å². The van der Waals surface area contributed by atoms with Crippen LogP contribution in [0, 0.1) is 5.82 Å². The number of carbonyl (C=O) groups excluding carboxylic acids is 2. The van der Waals surface area contributed by atoms with Gasteiger partial charge < -0.3 is 4.74 Å². The third-order valence-electron chi connectivity index (χ3n) is 3.72. The largest absolute Gasteiger partial charge is 0.487 e. The minimum Gasteiger partial charge on any atom is -0.487 e. The summed E-state index contributed by atoms with van der Waals surface area (Å²) < 4.78 is 18.8. The third-order valence-corrected chi connectivity index (χ3v) is 4.93. The van der Waals surface area contributed by atoms with Gasteiger partial charge in [-0.3, -0.25) is 14.5 Å². The number of nitrogens with zero attached hydrogens (tertiary/aromatic N) is 1. The van der Waals surface area contributed by atoms with Crippen LogP contribution in [0.15, 0.2) is 60.0 Å². The van der Waals surface area contributed by atoms with Crippen LogP contribution in [0.1, 0.15) is 11.1 Å². The number of thioether (sulfide) groups is 1. The van der Waals surface area contributed by atoms with Gasteiger partial charge in [-0.1, -0.05) is 35.9 Å². The smallest absolute Gasteiger partial charge is 0.293 e. The van der Waals surface area contributed by atoms with Crippen LogP contribution in [0.25, 0.3) is 6.08 Å². The molecular weight excluding hydrogens is 389 g/mol. The number of carbonyl (C=O) groups is 2. The Morgan fingerprint density at radius 3 is 2.74 bits per heavy atom. The van der Waals surface area contributed by atoms with E-state index in [1.807, 2.05) is 0 Å². The first-order valence-corrected chi connectivity index (χ1v) is 9.20. The summed E-state index contributed by atoms with van der Waals surface area (Å²) in [5.74, 6) is -0.242. The quantitative estimate of drug-likeness (QED) is 0.486. The molecule has 0 saturated carbocycles. The Balaban J connectivity index is 1.72. The van der Waals surface area contributed by atoms with Crippen LogP contribution in [-0.2, 0) is 11.4 Å². The van der Waals surface area contributed by atoms with Gasteiger partial charge in [-0.05, 0) is 53.2 Å². The van der Waals surface area contributed by atoms with E-state index in [0.29, 0.717) is 26.8 Å². The summed E-state index contributed by atoms with van der Waals surface area (Å²) in [7, 11) is 0. The number of rotatable bonds is 6. The standard InChI is InChI=1S/C20H15ClFNO3S/c1-2-8-23-19(24)18(27-20(23)25)11-13-6-7-17(16(21)10-13)26-12-14-4-3-5-15(22)9-14/h2-7,9-11H,1,8,12H2. The molecule has 1 fully saturated rings. The highest BCUT2D eigenvalue weighted by Crippen LogP contribution is 2.33. The number of halogens is 2. The van der Waals surface area contributed by atoms with Gasteiger partial charge in [-0.15, -0.1) is 6.58 Å². The van der Waals surface area contributed by atoms with E-state index < -0.39 is 0 Å². The van der Waals surface area contributed by atoms with Crippen molar-refractivity contribution in [1.82, 2.24) is 4.90 Å². The first-order valence-electron chi connectivity index (χ1n) is 8.01. The summed E-state index contributed by atoms with van der Waals surface area (Å²) >= 11 is 7.12. The van der Waals surface area contributed by atoms with E-state index in [1.54, 1.807) is 36.4 Å². The van der Waals surface area contributed by atoms with E-state index in [-0.39, 0.29) is 30.1 Å². The molecule has 0 unspecified atom stereocenters. The molecule has 4 nitrogen and oxygen atoms in total. The first kappa shape index (κ1) is 19.2. The van der Waals surface area contributed by atoms with Gasteiger partial charge in [-0.2, -0.15) is 0 Å². The number of benzene rings is 2. The maximum atomic E-state index is 13.2. The lowest BCUT2D eigenvalue weighted by Gasteiger charge is -2.09. The van der Waals surface area contributed by atoms with Crippen molar-refractivity contribution in [1.29, 1.82) is 0 Å². The highest BCUT2D eigenvalue weighted by molar-refractivity contribution is 8.18. The molecule has 3 rings (SSSR count). The van der Waals surface area contributed by atoms with Crippen LogP contribution >= 0.6 is 23.4 Å². The first-order chi connectivity index (χ1) is 13.0.